The molecule has 0 aliphatic heterocycles. The first-order valence-electron chi connectivity index (χ1n) is 4.95. The summed E-state index contributed by atoms with van der Waals surface area (Å²) in [5.74, 6) is 0.720. The first kappa shape index (κ1) is 9.16. The van der Waals surface area contributed by atoms with E-state index in [1.165, 1.54) is 35.6 Å². The highest BCUT2D eigenvalue weighted by molar-refractivity contribution is 7.11. The summed E-state index contributed by atoms with van der Waals surface area (Å²) in [7, 11) is 0. The summed E-state index contributed by atoms with van der Waals surface area (Å²) in [5, 5.41) is 10.1. The van der Waals surface area contributed by atoms with Gasteiger partial charge in [-0.05, 0) is 12.8 Å². The fraction of sp³-hybridized carbons (Fsp3) is 0.700. The molecule has 2 nitrogen and oxygen atoms in total. The molecule has 0 radical (unpaired) electrons. The summed E-state index contributed by atoms with van der Waals surface area (Å²) in [4.78, 5) is 5.65. The second kappa shape index (κ2) is 4.20. The van der Waals surface area contributed by atoms with E-state index in [1.54, 1.807) is 11.3 Å². The molecule has 0 atom stereocenters. The van der Waals surface area contributed by atoms with Crippen LogP contribution in [0.25, 0.3) is 0 Å². The lowest BCUT2D eigenvalue weighted by molar-refractivity contribution is 0.300. The molecule has 1 aliphatic rings. The molecule has 1 aromatic rings. The molecule has 0 spiro atoms. The molecule has 72 valence electrons. The first-order chi connectivity index (χ1) is 6.40. The summed E-state index contributed by atoms with van der Waals surface area (Å²) < 4.78 is 0. The zero-order valence-corrected chi connectivity index (χ0v) is 8.52. The molecule has 0 unspecified atom stereocenters. The lowest BCUT2D eigenvalue weighted by Gasteiger charge is -2.01. The van der Waals surface area contributed by atoms with Crippen molar-refractivity contribution in [1.82, 2.24) is 4.98 Å². The van der Waals surface area contributed by atoms with Gasteiger partial charge in [-0.1, -0.05) is 12.8 Å². The van der Waals surface area contributed by atoms with Crippen LogP contribution in [-0.4, -0.2) is 16.7 Å². The maximum Gasteiger partial charge on any atom is 0.0958 e. The molecular weight excluding hydrogens is 182 g/mol. The van der Waals surface area contributed by atoms with Crippen LogP contribution < -0.4 is 0 Å². The van der Waals surface area contributed by atoms with Crippen molar-refractivity contribution in [2.24, 2.45) is 0 Å². The van der Waals surface area contributed by atoms with Gasteiger partial charge in [0.25, 0.3) is 0 Å². The van der Waals surface area contributed by atoms with Crippen LogP contribution >= 0.6 is 11.3 Å². The Morgan fingerprint density at radius 2 is 2.23 bits per heavy atom. The van der Waals surface area contributed by atoms with Gasteiger partial charge in [0.1, 0.15) is 0 Å². The maximum absolute atomic E-state index is 8.77. The van der Waals surface area contributed by atoms with Crippen LogP contribution in [0.3, 0.4) is 0 Å². The van der Waals surface area contributed by atoms with Gasteiger partial charge in [-0.15, -0.1) is 11.3 Å². The molecule has 1 aliphatic carbocycles. The smallest absolute Gasteiger partial charge is 0.0958 e. The van der Waals surface area contributed by atoms with Crippen molar-refractivity contribution in [1.29, 1.82) is 0 Å². The third-order valence-electron chi connectivity index (χ3n) is 2.63. The quantitative estimate of drug-likeness (QED) is 0.806. The van der Waals surface area contributed by atoms with E-state index in [2.05, 4.69) is 4.98 Å². The molecule has 1 aromatic heterocycles. The van der Waals surface area contributed by atoms with Crippen molar-refractivity contribution in [3.63, 3.8) is 0 Å². The van der Waals surface area contributed by atoms with E-state index in [-0.39, 0.29) is 6.61 Å². The summed E-state index contributed by atoms with van der Waals surface area (Å²) in [6.07, 6.45) is 8.04. The van der Waals surface area contributed by atoms with Gasteiger partial charge in [-0.25, -0.2) is 4.98 Å². The average Bonchev–Trinajstić information content (AvgIpc) is 2.70. The van der Waals surface area contributed by atoms with E-state index in [1.807, 2.05) is 6.20 Å². The molecule has 3 heteroatoms. The number of nitrogens with zero attached hydrogens (tertiary/aromatic N) is 1. The number of hydrogen-bond acceptors (Lipinski definition) is 3. The molecule has 1 N–H and O–H groups in total. The van der Waals surface area contributed by atoms with Gasteiger partial charge < -0.3 is 5.11 Å². The number of aliphatic hydroxyl groups excluding tert-OH is 1. The predicted molar refractivity (Wildman–Crippen MR) is 54.1 cm³/mol. The van der Waals surface area contributed by atoms with Crippen molar-refractivity contribution < 1.29 is 5.11 Å². The minimum Gasteiger partial charge on any atom is -0.396 e. The topological polar surface area (TPSA) is 33.1 Å². The zero-order chi connectivity index (χ0) is 9.10. The lowest BCUT2D eigenvalue weighted by atomic mass is 10.1. The molecule has 0 bridgehead atoms. The fourth-order valence-corrected chi connectivity index (χ4v) is 2.99. The SMILES string of the molecule is OCCc1cnc(C2CCCC2)s1. The Balaban J connectivity index is 2.03. The minimum absolute atomic E-state index is 0.242. The molecule has 0 aromatic carbocycles. The Morgan fingerprint density at radius 3 is 2.92 bits per heavy atom. The second-order valence-electron chi connectivity index (χ2n) is 3.62. The van der Waals surface area contributed by atoms with E-state index in [0.29, 0.717) is 0 Å². The molecule has 0 saturated heterocycles. The Kier molecular flexibility index (Phi) is 2.96. The normalized spacial score (nSPS) is 18.2. The number of aliphatic hydroxyl groups is 1. The highest BCUT2D eigenvalue weighted by Crippen LogP contribution is 2.35. The van der Waals surface area contributed by atoms with Gasteiger partial charge >= 0.3 is 0 Å². The molecule has 1 heterocycles. The largest absolute Gasteiger partial charge is 0.396 e. The number of aromatic nitrogens is 1. The van der Waals surface area contributed by atoms with E-state index in [4.69, 9.17) is 5.11 Å². The Bertz CT molecular complexity index is 266. The standard InChI is InChI=1S/C10H15NOS/c12-6-5-9-7-11-10(13-9)8-3-1-2-4-8/h7-8,12H,1-6H2. The molecule has 1 saturated carbocycles. The number of thiazole rings is 1. The van der Waals surface area contributed by atoms with E-state index in [0.717, 1.165) is 12.3 Å². The number of hydrogen-bond donors (Lipinski definition) is 1. The Labute approximate surface area is 82.6 Å². The molecule has 2 rings (SSSR count). The monoisotopic (exact) mass is 197 g/mol. The first-order valence-corrected chi connectivity index (χ1v) is 5.77. The van der Waals surface area contributed by atoms with Crippen molar-refractivity contribution in [2.45, 2.75) is 38.0 Å². The maximum atomic E-state index is 8.77. The Morgan fingerprint density at radius 1 is 1.46 bits per heavy atom. The summed E-state index contributed by atoms with van der Waals surface area (Å²) in [6.45, 7) is 0.242. The summed E-state index contributed by atoms with van der Waals surface area (Å²) >= 11 is 1.78. The molecular formula is C10H15NOS. The van der Waals surface area contributed by atoms with Crippen LogP contribution in [0.15, 0.2) is 6.20 Å². The second-order valence-corrected chi connectivity index (χ2v) is 4.77. The van der Waals surface area contributed by atoms with E-state index in [9.17, 15) is 0 Å². The van der Waals surface area contributed by atoms with Crippen LogP contribution in [0.2, 0.25) is 0 Å². The van der Waals surface area contributed by atoms with Crippen LogP contribution in [0.5, 0.6) is 0 Å². The summed E-state index contributed by atoms with van der Waals surface area (Å²) in [6, 6.07) is 0. The van der Waals surface area contributed by atoms with Crippen molar-refractivity contribution in [2.75, 3.05) is 6.61 Å². The van der Waals surface area contributed by atoms with Crippen molar-refractivity contribution >= 4 is 11.3 Å². The van der Waals surface area contributed by atoms with Gasteiger partial charge in [0.2, 0.25) is 0 Å². The van der Waals surface area contributed by atoms with Crippen LogP contribution in [0, 0.1) is 0 Å². The highest BCUT2D eigenvalue weighted by atomic mass is 32.1. The highest BCUT2D eigenvalue weighted by Gasteiger charge is 2.19. The van der Waals surface area contributed by atoms with Gasteiger partial charge in [-0.2, -0.15) is 0 Å². The van der Waals surface area contributed by atoms with Gasteiger partial charge in [-0.3, -0.25) is 0 Å². The average molecular weight is 197 g/mol. The third kappa shape index (κ3) is 2.09. The van der Waals surface area contributed by atoms with E-state index < -0.39 is 0 Å². The van der Waals surface area contributed by atoms with Crippen LogP contribution in [-0.2, 0) is 6.42 Å². The lowest BCUT2D eigenvalue weighted by Crippen LogP contribution is -1.89. The molecule has 13 heavy (non-hydrogen) atoms. The van der Waals surface area contributed by atoms with Gasteiger partial charge in [0.05, 0.1) is 5.01 Å². The predicted octanol–water partition coefficient (Wildman–Crippen LogP) is 2.34. The summed E-state index contributed by atoms with van der Waals surface area (Å²) in [5.41, 5.74) is 0. The Hall–Kier alpha value is -0.410. The number of rotatable bonds is 3. The third-order valence-corrected chi connectivity index (χ3v) is 3.85. The van der Waals surface area contributed by atoms with Crippen molar-refractivity contribution in [3.05, 3.63) is 16.1 Å². The minimum atomic E-state index is 0.242. The fourth-order valence-electron chi connectivity index (χ4n) is 1.91. The van der Waals surface area contributed by atoms with Crippen LogP contribution in [0.4, 0.5) is 0 Å². The van der Waals surface area contributed by atoms with E-state index >= 15 is 0 Å². The molecule has 0 amide bonds. The van der Waals surface area contributed by atoms with Crippen LogP contribution in [0.1, 0.15) is 41.5 Å². The van der Waals surface area contributed by atoms with Crippen molar-refractivity contribution in [3.8, 4) is 0 Å². The zero-order valence-electron chi connectivity index (χ0n) is 7.70. The molecule has 1 fully saturated rings. The van der Waals surface area contributed by atoms with Gasteiger partial charge in [0.15, 0.2) is 0 Å². The van der Waals surface area contributed by atoms with Gasteiger partial charge in [0, 0.05) is 30.0 Å².